The average Bonchev–Trinajstić information content (AvgIpc) is 2.95. The number of rotatable bonds is 13. The van der Waals surface area contributed by atoms with Crippen molar-refractivity contribution in [1.82, 2.24) is 10.2 Å². The fraction of sp³-hybridized carbons (Fsp3) is 0.333. The zero-order valence-electron chi connectivity index (χ0n) is 23.6. The van der Waals surface area contributed by atoms with Crippen LogP contribution in [0.5, 0.6) is 11.5 Å². The van der Waals surface area contributed by atoms with E-state index in [0.717, 1.165) is 15.4 Å². The summed E-state index contributed by atoms with van der Waals surface area (Å²) in [6, 6.07) is 19.3. The van der Waals surface area contributed by atoms with Crippen LogP contribution >= 0.6 is 0 Å². The standard InChI is InChI=1S/C30H37N3O6S/c1-6-31-30(35)23(4)32(20-24-9-8-10-27(19-24)38-5)29(34)21-33(25-13-11-22(3)12-14-25)40(36,37)28-17-15-26(16-18-28)39-7-2/h8-19,23H,6-7,20-21H2,1-5H3,(H,31,35)/t23-/m1/s1. The van der Waals surface area contributed by atoms with Gasteiger partial charge in [-0.2, -0.15) is 0 Å². The molecule has 3 aromatic carbocycles. The van der Waals surface area contributed by atoms with Gasteiger partial charge in [0.1, 0.15) is 24.1 Å². The van der Waals surface area contributed by atoms with E-state index in [-0.39, 0.29) is 17.3 Å². The average molecular weight is 568 g/mol. The summed E-state index contributed by atoms with van der Waals surface area (Å²) < 4.78 is 39.7. The number of aryl methyl sites for hydroxylation is 1. The van der Waals surface area contributed by atoms with Crippen LogP contribution in [-0.4, -0.2) is 58.0 Å². The number of carbonyl (C=O) groups is 2. The first-order valence-electron chi connectivity index (χ1n) is 13.1. The molecule has 0 radical (unpaired) electrons. The summed E-state index contributed by atoms with van der Waals surface area (Å²) in [5.74, 6) is 0.279. The van der Waals surface area contributed by atoms with Gasteiger partial charge in [0.15, 0.2) is 0 Å². The summed E-state index contributed by atoms with van der Waals surface area (Å²) in [7, 11) is -2.61. The van der Waals surface area contributed by atoms with Gasteiger partial charge in [-0.25, -0.2) is 8.42 Å². The Balaban J connectivity index is 2.02. The molecule has 3 rings (SSSR count). The predicted octanol–water partition coefficient (Wildman–Crippen LogP) is 4.15. The number of anilines is 1. The van der Waals surface area contributed by atoms with Gasteiger partial charge in [0.25, 0.3) is 10.0 Å². The SMILES string of the molecule is CCNC(=O)[C@@H](C)N(Cc1cccc(OC)c1)C(=O)CN(c1ccc(C)cc1)S(=O)(=O)c1ccc(OCC)cc1. The van der Waals surface area contributed by atoms with Gasteiger partial charge in [-0.15, -0.1) is 0 Å². The predicted molar refractivity (Wildman–Crippen MR) is 155 cm³/mol. The van der Waals surface area contributed by atoms with Crippen molar-refractivity contribution in [1.29, 1.82) is 0 Å². The zero-order valence-corrected chi connectivity index (χ0v) is 24.4. The third kappa shape index (κ3) is 7.53. The number of amides is 2. The van der Waals surface area contributed by atoms with E-state index in [4.69, 9.17) is 9.47 Å². The first-order chi connectivity index (χ1) is 19.1. The number of methoxy groups -OCH3 is 1. The maximum atomic E-state index is 13.9. The highest BCUT2D eigenvalue weighted by Gasteiger charge is 2.32. The quantitative estimate of drug-likeness (QED) is 0.333. The highest BCUT2D eigenvalue weighted by molar-refractivity contribution is 7.92. The second-order valence-electron chi connectivity index (χ2n) is 9.20. The Bertz CT molecular complexity index is 1390. The molecular weight excluding hydrogens is 530 g/mol. The normalized spacial score (nSPS) is 11.8. The molecule has 0 aliphatic carbocycles. The van der Waals surface area contributed by atoms with Crippen molar-refractivity contribution in [2.45, 2.75) is 45.2 Å². The number of hydrogen-bond acceptors (Lipinski definition) is 6. The van der Waals surface area contributed by atoms with Crippen molar-refractivity contribution in [3.63, 3.8) is 0 Å². The highest BCUT2D eigenvalue weighted by atomic mass is 32.2. The van der Waals surface area contributed by atoms with Crippen LogP contribution in [0.3, 0.4) is 0 Å². The molecule has 214 valence electrons. The number of likely N-dealkylation sites (N-methyl/N-ethyl adjacent to an activating group) is 1. The molecule has 0 fully saturated rings. The third-order valence-electron chi connectivity index (χ3n) is 6.33. The molecule has 0 aliphatic rings. The molecule has 1 atom stereocenters. The van der Waals surface area contributed by atoms with Crippen LogP contribution in [0, 0.1) is 6.92 Å². The smallest absolute Gasteiger partial charge is 0.264 e. The van der Waals surface area contributed by atoms with E-state index in [2.05, 4.69) is 5.32 Å². The summed E-state index contributed by atoms with van der Waals surface area (Å²) >= 11 is 0. The summed E-state index contributed by atoms with van der Waals surface area (Å²) in [4.78, 5) is 28.1. The number of carbonyl (C=O) groups excluding carboxylic acids is 2. The first kappa shape index (κ1) is 30.5. The van der Waals surface area contributed by atoms with Crippen molar-refractivity contribution in [2.24, 2.45) is 0 Å². The molecule has 0 saturated heterocycles. The number of sulfonamides is 1. The maximum absolute atomic E-state index is 13.9. The summed E-state index contributed by atoms with van der Waals surface area (Å²) in [6.45, 7) is 7.57. The second kappa shape index (κ2) is 13.8. The number of nitrogens with one attached hydrogen (secondary N) is 1. The summed E-state index contributed by atoms with van der Waals surface area (Å²) in [5.41, 5.74) is 2.01. The van der Waals surface area contributed by atoms with E-state index in [1.165, 1.54) is 17.0 Å². The Morgan fingerprint density at radius 3 is 2.23 bits per heavy atom. The van der Waals surface area contributed by atoms with Gasteiger partial charge in [-0.1, -0.05) is 29.8 Å². The molecule has 0 spiro atoms. The zero-order chi connectivity index (χ0) is 29.3. The number of hydrogen-bond donors (Lipinski definition) is 1. The number of benzene rings is 3. The van der Waals surface area contributed by atoms with E-state index in [1.54, 1.807) is 75.6 Å². The Hall–Kier alpha value is -4.05. The molecular formula is C30H37N3O6S. The first-order valence-corrected chi connectivity index (χ1v) is 14.6. The van der Waals surface area contributed by atoms with Crippen LogP contribution in [-0.2, 0) is 26.2 Å². The lowest BCUT2D eigenvalue weighted by atomic mass is 10.1. The summed E-state index contributed by atoms with van der Waals surface area (Å²) in [5, 5.41) is 2.75. The van der Waals surface area contributed by atoms with Gasteiger partial charge in [-0.05, 0) is 81.8 Å². The molecule has 9 nitrogen and oxygen atoms in total. The Kier molecular flexibility index (Phi) is 10.6. The van der Waals surface area contributed by atoms with Gasteiger partial charge < -0.3 is 19.7 Å². The van der Waals surface area contributed by atoms with Crippen LogP contribution in [0.1, 0.15) is 31.9 Å². The topological polar surface area (TPSA) is 105 Å². The van der Waals surface area contributed by atoms with Crippen molar-refractivity contribution >= 4 is 27.5 Å². The van der Waals surface area contributed by atoms with Gasteiger partial charge >= 0.3 is 0 Å². The molecule has 0 bridgehead atoms. The molecule has 0 heterocycles. The molecule has 0 unspecified atom stereocenters. The number of ether oxygens (including phenoxy) is 2. The van der Waals surface area contributed by atoms with Crippen molar-refractivity contribution in [2.75, 3.05) is 31.1 Å². The highest BCUT2D eigenvalue weighted by Crippen LogP contribution is 2.26. The van der Waals surface area contributed by atoms with E-state index in [0.29, 0.717) is 30.3 Å². The van der Waals surface area contributed by atoms with Gasteiger partial charge in [0, 0.05) is 13.1 Å². The Morgan fingerprint density at radius 2 is 1.62 bits per heavy atom. The molecule has 1 N–H and O–H groups in total. The maximum Gasteiger partial charge on any atom is 0.264 e. The molecule has 3 aromatic rings. The molecule has 0 aliphatic heterocycles. The minimum absolute atomic E-state index is 0.0143. The lowest BCUT2D eigenvalue weighted by Crippen LogP contribution is -2.51. The second-order valence-corrected chi connectivity index (χ2v) is 11.1. The Morgan fingerprint density at radius 1 is 0.950 bits per heavy atom. The fourth-order valence-corrected chi connectivity index (χ4v) is 5.53. The van der Waals surface area contributed by atoms with E-state index >= 15 is 0 Å². The lowest BCUT2D eigenvalue weighted by molar-refractivity contribution is -0.139. The number of nitrogens with zero attached hydrogens (tertiary/aromatic N) is 2. The van der Waals surface area contributed by atoms with Crippen molar-refractivity contribution < 1.29 is 27.5 Å². The lowest BCUT2D eigenvalue weighted by Gasteiger charge is -2.32. The molecule has 2 amide bonds. The largest absolute Gasteiger partial charge is 0.497 e. The Labute approximate surface area is 236 Å². The van der Waals surface area contributed by atoms with Crippen LogP contribution in [0.4, 0.5) is 5.69 Å². The minimum atomic E-state index is -4.16. The van der Waals surface area contributed by atoms with Crippen molar-refractivity contribution in [3.8, 4) is 11.5 Å². The van der Waals surface area contributed by atoms with Gasteiger partial charge in [0.05, 0.1) is 24.3 Å². The monoisotopic (exact) mass is 567 g/mol. The van der Waals surface area contributed by atoms with Crippen LogP contribution < -0.4 is 19.1 Å². The van der Waals surface area contributed by atoms with E-state index in [1.807, 2.05) is 19.9 Å². The van der Waals surface area contributed by atoms with Crippen LogP contribution in [0.15, 0.2) is 77.7 Å². The van der Waals surface area contributed by atoms with Crippen LogP contribution in [0.2, 0.25) is 0 Å². The molecule has 0 aromatic heterocycles. The summed E-state index contributed by atoms with van der Waals surface area (Å²) in [6.07, 6.45) is 0. The van der Waals surface area contributed by atoms with E-state index < -0.39 is 28.5 Å². The van der Waals surface area contributed by atoms with E-state index in [9.17, 15) is 18.0 Å². The van der Waals surface area contributed by atoms with Gasteiger partial charge in [-0.3, -0.25) is 13.9 Å². The van der Waals surface area contributed by atoms with Gasteiger partial charge in [0.2, 0.25) is 11.8 Å². The molecule has 10 heteroatoms. The van der Waals surface area contributed by atoms with Crippen LogP contribution in [0.25, 0.3) is 0 Å². The van der Waals surface area contributed by atoms with Crippen molar-refractivity contribution in [3.05, 3.63) is 83.9 Å². The third-order valence-corrected chi connectivity index (χ3v) is 8.12. The minimum Gasteiger partial charge on any atom is -0.497 e. The molecule has 0 saturated carbocycles. The fourth-order valence-electron chi connectivity index (χ4n) is 4.11. The molecule has 40 heavy (non-hydrogen) atoms.